The SMILES string of the molecule is C=C/C=C\c1cc(C(=O)NCCc2ccc(F)c(C)c2F)ccc1C.CC.[HH]. The first kappa shape index (κ1) is 22.3. The first-order valence-electron chi connectivity index (χ1n) is 9.05. The van der Waals surface area contributed by atoms with Crippen LogP contribution in [0.15, 0.2) is 49.1 Å². The summed E-state index contributed by atoms with van der Waals surface area (Å²) in [5.41, 5.74) is 2.91. The molecule has 0 saturated heterocycles. The lowest BCUT2D eigenvalue weighted by atomic mass is 10.0. The van der Waals surface area contributed by atoms with Gasteiger partial charge in [-0.25, -0.2) is 8.78 Å². The molecule has 2 aromatic carbocycles. The molecule has 0 bridgehead atoms. The van der Waals surface area contributed by atoms with Gasteiger partial charge in [0.1, 0.15) is 11.6 Å². The molecular weight excluding hydrogens is 344 g/mol. The van der Waals surface area contributed by atoms with Crippen molar-refractivity contribution in [1.29, 1.82) is 0 Å². The molecule has 0 unspecified atom stereocenters. The van der Waals surface area contributed by atoms with Crippen molar-refractivity contribution in [3.8, 4) is 0 Å². The Morgan fingerprint density at radius 3 is 2.56 bits per heavy atom. The van der Waals surface area contributed by atoms with E-state index in [-0.39, 0.29) is 19.4 Å². The zero-order valence-electron chi connectivity index (χ0n) is 16.4. The van der Waals surface area contributed by atoms with E-state index in [0.717, 1.165) is 11.1 Å². The molecule has 0 fully saturated rings. The molecule has 0 saturated carbocycles. The van der Waals surface area contributed by atoms with Gasteiger partial charge < -0.3 is 5.32 Å². The number of carbonyl (C=O) groups excluding carboxylic acids is 1. The smallest absolute Gasteiger partial charge is 0.251 e. The quantitative estimate of drug-likeness (QED) is 0.616. The summed E-state index contributed by atoms with van der Waals surface area (Å²) in [5.74, 6) is -1.35. The number of amides is 1. The van der Waals surface area contributed by atoms with E-state index in [1.165, 1.54) is 19.1 Å². The third-order valence-electron chi connectivity index (χ3n) is 4.03. The van der Waals surface area contributed by atoms with Crippen molar-refractivity contribution in [2.75, 3.05) is 6.54 Å². The van der Waals surface area contributed by atoms with Gasteiger partial charge in [0.2, 0.25) is 0 Å². The monoisotopic (exact) mass is 373 g/mol. The van der Waals surface area contributed by atoms with Crippen LogP contribution >= 0.6 is 0 Å². The maximum Gasteiger partial charge on any atom is 0.251 e. The number of aryl methyl sites for hydroxylation is 1. The van der Waals surface area contributed by atoms with Gasteiger partial charge in [-0.05, 0) is 55.2 Å². The van der Waals surface area contributed by atoms with Crippen LogP contribution in [0.3, 0.4) is 0 Å². The van der Waals surface area contributed by atoms with Gasteiger partial charge in [-0.3, -0.25) is 4.79 Å². The molecule has 1 amide bonds. The van der Waals surface area contributed by atoms with E-state index < -0.39 is 11.6 Å². The number of allylic oxidation sites excluding steroid dienone is 2. The average Bonchev–Trinajstić information content (AvgIpc) is 2.68. The number of nitrogens with one attached hydrogen (secondary N) is 1. The van der Waals surface area contributed by atoms with Gasteiger partial charge in [-0.15, -0.1) is 0 Å². The highest BCUT2D eigenvalue weighted by molar-refractivity contribution is 5.94. The second kappa shape index (κ2) is 11.1. The fourth-order valence-corrected chi connectivity index (χ4v) is 2.46. The Kier molecular flexibility index (Phi) is 9.14. The second-order valence-corrected chi connectivity index (χ2v) is 5.82. The van der Waals surface area contributed by atoms with Crippen LogP contribution in [-0.2, 0) is 6.42 Å². The number of halogens is 2. The minimum absolute atomic E-state index is 0. The predicted octanol–water partition coefficient (Wildman–Crippen LogP) is 6.03. The van der Waals surface area contributed by atoms with Gasteiger partial charge >= 0.3 is 0 Å². The summed E-state index contributed by atoms with van der Waals surface area (Å²) >= 11 is 0. The van der Waals surface area contributed by atoms with Crippen molar-refractivity contribution in [2.45, 2.75) is 34.1 Å². The minimum atomic E-state index is -0.565. The summed E-state index contributed by atoms with van der Waals surface area (Å²) in [5, 5.41) is 2.77. The Bertz CT molecular complexity index is 832. The molecule has 27 heavy (non-hydrogen) atoms. The predicted molar refractivity (Wildman–Crippen MR) is 111 cm³/mol. The van der Waals surface area contributed by atoms with Crippen LogP contribution in [0.5, 0.6) is 0 Å². The van der Waals surface area contributed by atoms with Crippen molar-refractivity contribution in [3.63, 3.8) is 0 Å². The maximum absolute atomic E-state index is 14.0. The van der Waals surface area contributed by atoms with Crippen LogP contribution in [0.1, 0.15) is 47.9 Å². The van der Waals surface area contributed by atoms with E-state index in [1.54, 1.807) is 18.2 Å². The van der Waals surface area contributed by atoms with E-state index in [9.17, 15) is 13.6 Å². The molecule has 2 rings (SSSR count). The molecule has 2 nitrogen and oxygen atoms in total. The van der Waals surface area contributed by atoms with Gasteiger partial charge in [-0.2, -0.15) is 0 Å². The van der Waals surface area contributed by atoms with Crippen molar-refractivity contribution in [3.05, 3.63) is 88.5 Å². The summed E-state index contributed by atoms with van der Waals surface area (Å²) in [6.45, 7) is 11.3. The standard InChI is InChI=1S/C21H21F2NO.C2H6.H2/c1-4-5-6-17-13-18(8-7-14(17)2)21(25)24-12-11-16-9-10-19(22)15(3)20(16)23;1-2;/h4-10,13H,1,11-12H2,2-3H3,(H,24,25);1-2H3;1H/b6-5-;;. The van der Waals surface area contributed by atoms with Crippen LogP contribution in [0.25, 0.3) is 6.08 Å². The number of hydrogen-bond donors (Lipinski definition) is 1. The van der Waals surface area contributed by atoms with Gasteiger partial charge in [-0.1, -0.05) is 50.8 Å². The van der Waals surface area contributed by atoms with Gasteiger partial charge in [0.25, 0.3) is 5.91 Å². The normalized spacial score (nSPS) is 10.3. The lowest BCUT2D eigenvalue weighted by Crippen LogP contribution is -2.26. The fraction of sp³-hybridized carbons (Fsp3) is 0.261. The van der Waals surface area contributed by atoms with Crippen molar-refractivity contribution in [2.24, 2.45) is 0 Å². The fourth-order valence-electron chi connectivity index (χ4n) is 2.46. The molecule has 0 heterocycles. The number of hydrogen-bond acceptors (Lipinski definition) is 1. The summed E-state index contributed by atoms with van der Waals surface area (Å²) in [7, 11) is 0. The van der Waals surface area contributed by atoms with Crippen molar-refractivity contribution >= 4 is 12.0 Å². The van der Waals surface area contributed by atoms with Crippen LogP contribution in [0.2, 0.25) is 0 Å². The van der Waals surface area contributed by atoms with Crippen LogP contribution in [-0.4, -0.2) is 12.5 Å². The molecule has 0 aliphatic heterocycles. The van der Waals surface area contributed by atoms with Crippen molar-refractivity contribution < 1.29 is 15.0 Å². The largest absolute Gasteiger partial charge is 0.352 e. The van der Waals surface area contributed by atoms with E-state index in [4.69, 9.17) is 0 Å². The molecule has 0 atom stereocenters. The molecule has 0 aromatic heterocycles. The molecule has 0 aliphatic carbocycles. The lowest BCUT2D eigenvalue weighted by Gasteiger charge is -2.09. The number of benzene rings is 2. The van der Waals surface area contributed by atoms with E-state index in [1.807, 2.05) is 39.0 Å². The Hall–Kier alpha value is -2.75. The lowest BCUT2D eigenvalue weighted by molar-refractivity contribution is 0.0954. The zero-order chi connectivity index (χ0) is 20.4. The van der Waals surface area contributed by atoms with Gasteiger partial charge in [0.15, 0.2) is 0 Å². The van der Waals surface area contributed by atoms with Crippen LogP contribution in [0.4, 0.5) is 8.78 Å². The summed E-state index contributed by atoms with van der Waals surface area (Å²) in [4.78, 5) is 12.3. The molecule has 1 N–H and O–H groups in total. The maximum atomic E-state index is 14.0. The Balaban J connectivity index is 0.00000235. The second-order valence-electron chi connectivity index (χ2n) is 5.82. The molecule has 146 valence electrons. The topological polar surface area (TPSA) is 29.1 Å². The van der Waals surface area contributed by atoms with Crippen LogP contribution in [0, 0.1) is 25.5 Å². The third kappa shape index (κ3) is 6.17. The Morgan fingerprint density at radius 1 is 1.19 bits per heavy atom. The molecule has 4 heteroatoms. The van der Waals surface area contributed by atoms with Crippen LogP contribution < -0.4 is 5.32 Å². The molecule has 0 radical (unpaired) electrons. The number of rotatable bonds is 6. The van der Waals surface area contributed by atoms with Crippen molar-refractivity contribution in [1.82, 2.24) is 5.32 Å². The van der Waals surface area contributed by atoms with E-state index in [2.05, 4.69) is 11.9 Å². The van der Waals surface area contributed by atoms with Gasteiger partial charge in [0, 0.05) is 19.1 Å². The average molecular weight is 373 g/mol. The number of carbonyl (C=O) groups is 1. The Morgan fingerprint density at radius 2 is 1.89 bits per heavy atom. The minimum Gasteiger partial charge on any atom is -0.352 e. The molecule has 0 aliphatic rings. The third-order valence-corrected chi connectivity index (χ3v) is 4.03. The first-order chi connectivity index (χ1) is 12.9. The molecular formula is C23H29F2NO. The molecule has 2 aromatic rings. The highest BCUT2D eigenvalue weighted by Gasteiger charge is 2.11. The van der Waals surface area contributed by atoms with Gasteiger partial charge in [0.05, 0.1) is 0 Å². The Labute approximate surface area is 162 Å². The summed E-state index contributed by atoms with van der Waals surface area (Å²) < 4.78 is 27.2. The highest BCUT2D eigenvalue weighted by atomic mass is 19.1. The van der Waals surface area contributed by atoms with E-state index >= 15 is 0 Å². The molecule has 0 spiro atoms. The summed E-state index contributed by atoms with van der Waals surface area (Å²) in [6.07, 6.45) is 5.67. The summed E-state index contributed by atoms with van der Waals surface area (Å²) in [6, 6.07) is 8.08. The first-order valence-corrected chi connectivity index (χ1v) is 9.05. The van der Waals surface area contributed by atoms with E-state index in [0.29, 0.717) is 17.5 Å². The zero-order valence-corrected chi connectivity index (χ0v) is 16.4. The highest BCUT2D eigenvalue weighted by Crippen LogP contribution is 2.16.